The van der Waals surface area contributed by atoms with Gasteiger partial charge in [-0.2, -0.15) is 9.78 Å². The van der Waals surface area contributed by atoms with Crippen molar-refractivity contribution < 1.29 is 4.79 Å². The van der Waals surface area contributed by atoms with E-state index in [4.69, 9.17) is 4.98 Å². The monoisotopic (exact) mass is 446 g/mol. The molecule has 3 aromatic heterocycles. The highest BCUT2D eigenvalue weighted by atomic mass is 79.9. The van der Waals surface area contributed by atoms with E-state index in [1.807, 2.05) is 19.1 Å². The summed E-state index contributed by atoms with van der Waals surface area (Å²) in [6.45, 7) is 6.04. The number of nitrogens with zero attached hydrogens (tertiary/aromatic N) is 3. The number of hydrogen-bond acceptors (Lipinski definition) is 5. The van der Waals surface area contributed by atoms with Gasteiger partial charge in [-0.05, 0) is 66.0 Å². The Morgan fingerprint density at radius 1 is 1.15 bits per heavy atom. The summed E-state index contributed by atoms with van der Waals surface area (Å²) in [5.41, 5.74) is 4.14. The largest absolute Gasteiger partial charge is 0.306 e. The molecule has 0 saturated carbocycles. The number of benzene rings is 1. The van der Waals surface area contributed by atoms with Crippen LogP contribution >= 0.6 is 38.6 Å². The predicted octanol–water partition coefficient (Wildman–Crippen LogP) is 5.48. The van der Waals surface area contributed by atoms with Crippen LogP contribution in [0, 0.1) is 20.8 Å². The van der Waals surface area contributed by atoms with Gasteiger partial charge in [-0.3, -0.25) is 4.79 Å². The third kappa shape index (κ3) is 3.20. The highest BCUT2D eigenvalue weighted by molar-refractivity contribution is 9.11. The van der Waals surface area contributed by atoms with Crippen LogP contribution in [0.3, 0.4) is 0 Å². The van der Waals surface area contributed by atoms with Gasteiger partial charge in [0.2, 0.25) is 5.13 Å². The molecule has 4 aromatic rings. The van der Waals surface area contributed by atoms with Crippen molar-refractivity contribution in [2.24, 2.45) is 0 Å². The molecule has 3 heterocycles. The summed E-state index contributed by atoms with van der Waals surface area (Å²) < 4.78 is 3.74. The Balaban J connectivity index is 1.74. The lowest BCUT2D eigenvalue weighted by Crippen LogP contribution is -2.13. The normalized spacial score (nSPS) is 11.2. The number of fused-ring (bicyclic) bond motifs is 1. The fourth-order valence-electron chi connectivity index (χ4n) is 2.80. The van der Waals surface area contributed by atoms with Gasteiger partial charge in [-0.1, -0.05) is 17.4 Å². The van der Waals surface area contributed by atoms with Crippen LogP contribution in [0.4, 0.5) is 5.82 Å². The number of thiophene rings is 1. The summed E-state index contributed by atoms with van der Waals surface area (Å²) in [7, 11) is 0. The zero-order valence-corrected chi connectivity index (χ0v) is 17.6. The fourth-order valence-corrected chi connectivity index (χ4v) is 5.19. The summed E-state index contributed by atoms with van der Waals surface area (Å²) in [4.78, 5) is 17.9. The Hall–Kier alpha value is -2.03. The smallest absolute Gasteiger partial charge is 0.266 e. The molecule has 0 aliphatic carbocycles. The Morgan fingerprint density at radius 3 is 2.69 bits per heavy atom. The summed E-state index contributed by atoms with van der Waals surface area (Å²) in [5.74, 6) is 0.459. The Morgan fingerprint density at radius 2 is 1.96 bits per heavy atom. The summed E-state index contributed by atoms with van der Waals surface area (Å²) in [5, 5.41) is 8.21. The highest BCUT2D eigenvalue weighted by Gasteiger charge is 2.17. The molecule has 0 saturated heterocycles. The Labute approximate surface area is 166 Å². The van der Waals surface area contributed by atoms with E-state index in [-0.39, 0.29) is 5.91 Å². The van der Waals surface area contributed by atoms with E-state index in [0.29, 0.717) is 10.7 Å². The first-order chi connectivity index (χ1) is 12.4. The van der Waals surface area contributed by atoms with Crippen molar-refractivity contribution in [1.29, 1.82) is 0 Å². The van der Waals surface area contributed by atoms with Crippen LogP contribution < -0.4 is 5.32 Å². The van der Waals surface area contributed by atoms with Gasteiger partial charge in [0.25, 0.3) is 5.91 Å². The maximum atomic E-state index is 12.5. The van der Waals surface area contributed by atoms with Crippen LogP contribution in [0.15, 0.2) is 34.1 Å². The summed E-state index contributed by atoms with van der Waals surface area (Å²) in [6, 6.07) is 9.76. The molecule has 0 fully saturated rings. The minimum Gasteiger partial charge on any atom is -0.306 e. The number of nitrogens with one attached hydrogen (secondary N) is 1. The van der Waals surface area contributed by atoms with Crippen LogP contribution in [0.5, 0.6) is 0 Å². The number of amides is 1. The highest BCUT2D eigenvalue weighted by Crippen LogP contribution is 2.30. The second-order valence-corrected chi connectivity index (χ2v) is 9.54. The molecule has 5 nitrogen and oxygen atoms in total. The molecule has 0 bridgehead atoms. The molecular weight excluding hydrogens is 432 g/mol. The number of carbonyl (C=O) groups is 1. The summed E-state index contributed by atoms with van der Waals surface area (Å²) in [6.07, 6.45) is 0. The molecule has 1 aromatic carbocycles. The number of thiazole rings is 1. The molecule has 1 amide bonds. The molecule has 0 aliphatic heterocycles. The average molecular weight is 447 g/mol. The number of anilines is 1. The van der Waals surface area contributed by atoms with Crippen molar-refractivity contribution in [1.82, 2.24) is 14.8 Å². The maximum Gasteiger partial charge on any atom is 0.266 e. The molecule has 4 rings (SSSR count). The van der Waals surface area contributed by atoms with Gasteiger partial charge in [0, 0.05) is 6.07 Å². The number of aryl methyl sites for hydroxylation is 3. The number of carbonyl (C=O) groups excluding carboxylic acids is 1. The van der Waals surface area contributed by atoms with Gasteiger partial charge >= 0.3 is 0 Å². The molecule has 0 spiro atoms. The third-order valence-corrected chi connectivity index (χ3v) is 6.47. The van der Waals surface area contributed by atoms with Crippen molar-refractivity contribution in [3.8, 4) is 5.13 Å². The predicted molar refractivity (Wildman–Crippen MR) is 111 cm³/mol. The lowest BCUT2D eigenvalue weighted by molar-refractivity contribution is 0.103. The minimum atomic E-state index is -0.157. The topological polar surface area (TPSA) is 59.8 Å². The Bertz CT molecular complexity index is 1140. The van der Waals surface area contributed by atoms with Crippen molar-refractivity contribution in [3.05, 3.63) is 55.8 Å². The lowest BCUT2D eigenvalue weighted by atomic mass is 10.1. The zero-order valence-electron chi connectivity index (χ0n) is 14.3. The molecule has 0 radical (unpaired) electrons. The van der Waals surface area contributed by atoms with E-state index >= 15 is 0 Å². The average Bonchev–Trinajstić information content (AvgIpc) is 3.25. The SMILES string of the molecule is Cc1cc(C)c2nc(-n3nc(C)cc3NC(=O)c3ccc(Br)s3)sc2c1. The van der Waals surface area contributed by atoms with Crippen molar-refractivity contribution in [3.63, 3.8) is 0 Å². The number of aromatic nitrogens is 3. The standard InChI is InChI=1S/C18H15BrN4OS2/c1-9-6-10(2)16-13(7-9)26-18(21-16)23-15(8-11(3)22-23)20-17(24)12-4-5-14(19)25-12/h4-8H,1-3H3,(H,20,24). The molecule has 0 aliphatic rings. The third-order valence-electron chi connectivity index (χ3n) is 3.87. The number of halogens is 1. The summed E-state index contributed by atoms with van der Waals surface area (Å²) >= 11 is 6.35. The first kappa shape index (κ1) is 17.4. The minimum absolute atomic E-state index is 0.157. The van der Waals surface area contributed by atoms with Crippen LogP contribution in [-0.2, 0) is 0 Å². The first-order valence-electron chi connectivity index (χ1n) is 7.92. The zero-order chi connectivity index (χ0) is 18.4. The molecular formula is C18H15BrN4OS2. The number of hydrogen-bond donors (Lipinski definition) is 1. The van der Waals surface area contributed by atoms with E-state index in [2.05, 4.69) is 52.3 Å². The van der Waals surface area contributed by atoms with Crippen LogP contribution in [0.2, 0.25) is 0 Å². The van der Waals surface area contributed by atoms with Crippen LogP contribution in [0.25, 0.3) is 15.3 Å². The van der Waals surface area contributed by atoms with E-state index in [9.17, 15) is 4.79 Å². The van der Waals surface area contributed by atoms with E-state index in [1.165, 1.54) is 16.9 Å². The molecule has 8 heteroatoms. The maximum absolute atomic E-state index is 12.5. The van der Waals surface area contributed by atoms with E-state index in [1.54, 1.807) is 22.1 Å². The number of rotatable bonds is 3. The van der Waals surface area contributed by atoms with E-state index < -0.39 is 0 Å². The van der Waals surface area contributed by atoms with Crippen molar-refractivity contribution >= 4 is 60.5 Å². The lowest BCUT2D eigenvalue weighted by Gasteiger charge is -2.05. The first-order valence-corrected chi connectivity index (χ1v) is 10.3. The quantitative estimate of drug-likeness (QED) is 0.452. The van der Waals surface area contributed by atoms with Crippen molar-refractivity contribution in [2.75, 3.05) is 5.32 Å². The molecule has 0 unspecified atom stereocenters. The fraction of sp³-hybridized carbons (Fsp3) is 0.167. The van der Waals surface area contributed by atoms with Crippen LogP contribution in [0.1, 0.15) is 26.5 Å². The van der Waals surface area contributed by atoms with Gasteiger partial charge in [0.1, 0.15) is 5.82 Å². The Kier molecular flexibility index (Phi) is 4.42. The second kappa shape index (κ2) is 6.61. The van der Waals surface area contributed by atoms with Gasteiger partial charge < -0.3 is 5.32 Å². The van der Waals surface area contributed by atoms with Gasteiger partial charge in [0.05, 0.1) is 24.6 Å². The van der Waals surface area contributed by atoms with Crippen molar-refractivity contribution in [2.45, 2.75) is 20.8 Å². The molecule has 132 valence electrons. The van der Waals surface area contributed by atoms with E-state index in [0.717, 1.165) is 30.4 Å². The van der Waals surface area contributed by atoms with Gasteiger partial charge in [-0.25, -0.2) is 4.98 Å². The van der Waals surface area contributed by atoms with Gasteiger partial charge in [-0.15, -0.1) is 11.3 Å². The molecule has 1 N–H and O–H groups in total. The van der Waals surface area contributed by atoms with Crippen LogP contribution in [-0.4, -0.2) is 20.7 Å². The van der Waals surface area contributed by atoms with Gasteiger partial charge in [0.15, 0.2) is 0 Å². The second-order valence-electron chi connectivity index (χ2n) is 6.07. The molecule has 26 heavy (non-hydrogen) atoms. The molecule has 0 atom stereocenters.